The molecule has 0 spiro atoms. The molecule has 0 saturated carbocycles. The topological polar surface area (TPSA) is 75.2 Å². The predicted octanol–water partition coefficient (Wildman–Crippen LogP) is 0.876. The number of nitrogens with two attached hydrogens (primary N) is 1. The van der Waals surface area contributed by atoms with Crippen LogP contribution in [0.1, 0.15) is 0 Å². The van der Waals surface area contributed by atoms with Crippen molar-refractivity contribution in [2.75, 3.05) is 24.6 Å². The fourth-order valence-corrected chi connectivity index (χ4v) is 1.71. The Morgan fingerprint density at radius 1 is 1.62 bits per heavy atom. The Bertz CT molecular complexity index is 381. The fourth-order valence-electron chi connectivity index (χ4n) is 1.60. The van der Waals surface area contributed by atoms with Crippen LogP contribution in [0.4, 0.5) is 5.82 Å². The van der Waals surface area contributed by atoms with Gasteiger partial charge in [-0.25, -0.2) is 4.98 Å². The van der Waals surface area contributed by atoms with Crippen molar-refractivity contribution >= 4 is 23.3 Å². The molecule has 0 amide bonds. The maximum atomic E-state index is 7.36. The van der Waals surface area contributed by atoms with Gasteiger partial charge in [-0.1, -0.05) is 11.6 Å². The van der Waals surface area contributed by atoms with E-state index in [-0.39, 0.29) is 11.9 Å². The lowest BCUT2D eigenvalue weighted by molar-refractivity contribution is 0.0823. The predicted molar refractivity (Wildman–Crippen MR) is 63.1 cm³/mol. The third-order valence-corrected chi connectivity index (χ3v) is 2.67. The molecule has 1 aliphatic heterocycles. The molecule has 3 N–H and O–H groups in total. The van der Waals surface area contributed by atoms with Crippen LogP contribution in [0, 0.1) is 5.41 Å². The second-order valence-corrected chi connectivity index (χ2v) is 4.03. The van der Waals surface area contributed by atoms with Gasteiger partial charge in [0.25, 0.3) is 0 Å². The molecule has 2 heterocycles. The van der Waals surface area contributed by atoms with Gasteiger partial charge >= 0.3 is 0 Å². The quantitative estimate of drug-likeness (QED) is 0.594. The second kappa shape index (κ2) is 4.67. The number of ether oxygens (including phenoxy) is 1. The summed E-state index contributed by atoms with van der Waals surface area (Å²) >= 11 is 5.77. The van der Waals surface area contributed by atoms with Gasteiger partial charge in [0.15, 0.2) is 0 Å². The van der Waals surface area contributed by atoms with Crippen molar-refractivity contribution in [2.24, 2.45) is 5.73 Å². The zero-order valence-corrected chi connectivity index (χ0v) is 9.44. The van der Waals surface area contributed by atoms with Gasteiger partial charge in [-0.2, -0.15) is 0 Å². The molecule has 1 aromatic rings. The monoisotopic (exact) mass is 240 g/mol. The highest BCUT2D eigenvalue weighted by Crippen LogP contribution is 2.17. The van der Waals surface area contributed by atoms with Crippen LogP contribution in [0.3, 0.4) is 0 Å². The van der Waals surface area contributed by atoms with Crippen LogP contribution in [-0.2, 0) is 4.74 Å². The Balaban J connectivity index is 2.09. The Morgan fingerprint density at radius 2 is 2.44 bits per heavy atom. The number of halogens is 1. The van der Waals surface area contributed by atoms with E-state index in [0.29, 0.717) is 18.2 Å². The van der Waals surface area contributed by atoms with Gasteiger partial charge in [-0.3, -0.25) is 5.41 Å². The van der Waals surface area contributed by atoms with Crippen LogP contribution >= 0.6 is 11.6 Å². The third kappa shape index (κ3) is 2.43. The maximum Gasteiger partial charge on any atom is 0.131 e. The van der Waals surface area contributed by atoms with Gasteiger partial charge in [0.05, 0.1) is 18.2 Å². The minimum absolute atomic E-state index is 0.0543. The fraction of sp³-hybridized carbons (Fsp3) is 0.400. The number of pyridine rings is 1. The number of nitrogens with zero attached hydrogens (tertiary/aromatic N) is 2. The molecule has 0 aliphatic carbocycles. The van der Waals surface area contributed by atoms with E-state index in [9.17, 15) is 0 Å². The summed E-state index contributed by atoms with van der Waals surface area (Å²) in [5, 5.41) is 7.97. The lowest BCUT2D eigenvalue weighted by atomic mass is 10.2. The van der Waals surface area contributed by atoms with Crippen LogP contribution in [0.15, 0.2) is 18.3 Å². The van der Waals surface area contributed by atoms with Crippen molar-refractivity contribution in [3.63, 3.8) is 0 Å². The Morgan fingerprint density at radius 3 is 3.06 bits per heavy atom. The molecular weight excluding hydrogens is 228 g/mol. The average molecular weight is 241 g/mol. The normalized spacial score (nSPS) is 20.8. The number of nitrogens with one attached hydrogen (secondary N) is 1. The molecule has 86 valence electrons. The molecule has 1 saturated heterocycles. The van der Waals surface area contributed by atoms with E-state index in [1.807, 2.05) is 11.0 Å². The number of rotatable bonds is 2. The molecule has 2 rings (SSSR count). The molecule has 0 aromatic carbocycles. The number of amidine groups is 1. The van der Waals surface area contributed by atoms with Gasteiger partial charge in [0.2, 0.25) is 0 Å². The summed E-state index contributed by atoms with van der Waals surface area (Å²) in [6.07, 6.45) is 1.26. The van der Waals surface area contributed by atoms with Gasteiger partial charge in [-0.15, -0.1) is 0 Å². The molecule has 6 heteroatoms. The number of morpholine rings is 1. The first kappa shape index (κ1) is 11.2. The second-order valence-electron chi connectivity index (χ2n) is 3.60. The SMILES string of the molecule is N=C(N)C1CN(c2ccc(Cl)cn2)CCO1. The summed E-state index contributed by atoms with van der Waals surface area (Å²) in [5.41, 5.74) is 5.42. The Labute approximate surface area is 98.7 Å². The third-order valence-electron chi connectivity index (χ3n) is 2.45. The summed E-state index contributed by atoms with van der Waals surface area (Å²) < 4.78 is 5.37. The highest BCUT2D eigenvalue weighted by molar-refractivity contribution is 6.30. The lowest BCUT2D eigenvalue weighted by Gasteiger charge is -2.33. The molecule has 5 nitrogen and oxygen atoms in total. The maximum absolute atomic E-state index is 7.36. The van der Waals surface area contributed by atoms with Crippen LogP contribution in [0.2, 0.25) is 5.02 Å². The molecule has 1 aliphatic rings. The van der Waals surface area contributed by atoms with Crippen molar-refractivity contribution in [3.8, 4) is 0 Å². The van der Waals surface area contributed by atoms with E-state index >= 15 is 0 Å². The highest BCUT2D eigenvalue weighted by Gasteiger charge is 2.23. The summed E-state index contributed by atoms with van der Waals surface area (Å²) in [4.78, 5) is 6.26. The van der Waals surface area contributed by atoms with Crippen LogP contribution < -0.4 is 10.6 Å². The molecular formula is C10H13ClN4O. The summed E-state index contributed by atoms with van der Waals surface area (Å²) in [6.45, 7) is 1.86. The van der Waals surface area contributed by atoms with Crippen molar-refractivity contribution < 1.29 is 4.74 Å². The molecule has 1 aromatic heterocycles. The van der Waals surface area contributed by atoms with Gasteiger partial charge in [0, 0.05) is 12.7 Å². The first-order chi connectivity index (χ1) is 7.66. The molecule has 0 radical (unpaired) electrons. The van der Waals surface area contributed by atoms with Crippen molar-refractivity contribution in [2.45, 2.75) is 6.10 Å². The number of aromatic nitrogens is 1. The first-order valence-electron chi connectivity index (χ1n) is 4.99. The van der Waals surface area contributed by atoms with Crippen LogP contribution in [0.25, 0.3) is 0 Å². The summed E-state index contributed by atoms with van der Waals surface area (Å²) in [6, 6.07) is 3.65. The minimum atomic E-state index is -0.341. The molecule has 16 heavy (non-hydrogen) atoms. The number of anilines is 1. The average Bonchev–Trinajstić information content (AvgIpc) is 2.30. The van der Waals surface area contributed by atoms with Crippen LogP contribution in [-0.4, -0.2) is 36.6 Å². The van der Waals surface area contributed by atoms with E-state index in [2.05, 4.69) is 4.98 Å². The van der Waals surface area contributed by atoms with Crippen LogP contribution in [0.5, 0.6) is 0 Å². The van der Waals surface area contributed by atoms with E-state index in [1.54, 1.807) is 12.3 Å². The minimum Gasteiger partial charge on any atom is -0.385 e. The van der Waals surface area contributed by atoms with E-state index < -0.39 is 0 Å². The van der Waals surface area contributed by atoms with Crippen molar-refractivity contribution in [3.05, 3.63) is 23.4 Å². The number of hydrogen-bond acceptors (Lipinski definition) is 4. The van der Waals surface area contributed by atoms with Crippen molar-refractivity contribution in [1.29, 1.82) is 5.41 Å². The van der Waals surface area contributed by atoms with Crippen molar-refractivity contribution in [1.82, 2.24) is 4.98 Å². The van der Waals surface area contributed by atoms with Gasteiger partial charge < -0.3 is 15.4 Å². The summed E-state index contributed by atoms with van der Waals surface area (Å²) in [5.74, 6) is 0.887. The highest BCUT2D eigenvalue weighted by atomic mass is 35.5. The first-order valence-corrected chi connectivity index (χ1v) is 5.36. The Kier molecular flexibility index (Phi) is 3.26. The number of hydrogen-bond donors (Lipinski definition) is 2. The smallest absolute Gasteiger partial charge is 0.131 e. The van der Waals surface area contributed by atoms with Gasteiger partial charge in [-0.05, 0) is 12.1 Å². The van der Waals surface area contributed by atoms with Gasteiger partial charge in [0.1, 0.15) is 17.8 Å². The summed E-state index contributed by atoms with van der Waals surface area (Å²) in [7, 11) is 0. The molecule has 1 unspecified atom stereocenters. The zero-order valence-electron chi connectivity index (χ0n) is 8.69. The largest absolute Gasteiger partial charge is 0.385 e. The van der Waals surface area contributed by atoms with E-state index in [1.165, 1.54) is 0 Å². The van der Waals surface area contributed by atoms with E-state index in [4.69, 9.17) is 27.5 Å². The Hall–Kier alpha value is -1.33. The molecule has 1 fully saturated rings. The lowest BCUT2D eigenvalue weighted by Crippen LogP contribution is -2.48. The molecule has 0 bridgehead atoms. The van der Waals surface area contributed by atoms with E-state index in [0.717, 1.165) is 12.4 Å². The zero-order chi connectivity index (χ0) is 11.5. The molecule has 1 atom stereocenters. The standard InChI is InChI=1S/C10H13ClN4O/c11-7-1-2-9(14-5-7)15-3-4-16-8(6-15)10(12)13/h1-2,5,8H,3-4,6H2,(H3,12,13).